The largest absolute Gasteiger partial charge is 0.462 e. The van der Waals surface area contributed by atoms with E-state index in [0.29, 0.717) is 0 Å². The maximum Gasteiger partial charge on any atom is 0.303 e. The average molecular weight is 341 g/mol. The number of carbonyl (C=O) groups is 3. The van der Waals surface area contributed by atoms with Crippen LogP contribution in [-0.4, -0.2) is 47.1 Å². The molecule has 0 saturated carbocycles. The highest BCUT2D eigenvalue weighted by atomic mass is 16.6. The zero-order chi connectivity index (χ0) is 18.1. The number of hydrogen-bond donors (Lipinski definition) is 2. The number of aromatic nitrogens is 2. The van der Waals surface area contributed by atoms with Crippen molar-refractivity contribution < 1.29 is 28.6 Å². The van der Waals surface area contributed by atoms with Crippen LogP contribution in [0.5, 0.6) is 0 Å². The van der Waals surface area contributed by atoms with E-state index in [1.54, 1.807) is 0 Å². The Hall–Kier alpha value is -2.75. The SMILES string of the molecule is CC(=O)Nc1ncc(COCC(COC(C)=O)OC(C)=O)c(=O)[nH]1. The summed E-state index contributed by atoms with van der Waals surface area (Å²) in [7, 11) is 0. The Morgan fingerprint density at radius 1 is 1.21 bits per heavy atom. The highest BCUT2D eigenvalue weighted by Gasteiger charge is 2.15. The molecule has 0 aliphatic heterocycles. The van der Waals surface area contributed by atoms with Crippen molar-refractivity contribution in [2.45, 2.75) is 33.5 Å². The van der Waals surface area contributed by atoms with Gasteiger partial charge in [0.05, 0.1) is 18.8 Å². The lowest BCUT2D eigenvalue weighted by atomic mass is 10.3. The van der Waals surface area contributed by atoms with Crippen molar-refractivity contribution in [2.24, 2.45) is 0 Å². The van der Waals surface area contributed by atoms with Gasteiger partial charge in [0.15, 0.2) is 6.10 Å². The Kier molecular flexibility index (Phi) is 7.56. The second-order valence-corrected chi connectivity index (χ2v) is 4.82. The van der Waals surface area contributed by atoms with E-state index in [9.17, 15) is 19.2 Å². The van der Waals surface area contributed by atoms with Crippen LogP contribution in [0.4, 0.5) is 5.95 Å². The van der Waals surface area contributed by atoms with Gasteiger partial charge in [0, 0.05) is 27.0 Å². The molecule has 0 bridgehead atoms. The minimum Gasteiger partial charge on any atom is -0.462 e. The molecule has 1 aromatic rings. The first-order chi connectivity index (χ1) is 11.3. The minimum absolute atomic E-state index is 0.0314. The van der Waals surface area contributed by atoms with E-state index in [-0.39, 0.29) is 37.2 Å². The molecule has 132 valence electrons. The zero-order valence-electron chi connectivity index (χ0n) is 13.6. The molecule has 0 aliphatic carbocycles. The highest BCUT2D eigenvalue weighted by Crippen LogP contribution is 2.01. The predicted molar refractivity (Wildman–Crippen MR) is 81.0 cm³/mol. The molecular weight excluding hydrogens is 322 g/mol. The Labute approximate surface area is 137 Å². The quantitative estimate of drug-likeness (QED) is 0.617. The predicted octanol–water partition coefficient (Wildman–Crippen LogP) is -0.260. The number of hydrogen-bond acceptors (Lipinski definition) is 8. The summed E-state index contributed by atoms with van der Waals surface area (Å²) in [5, 5.41) is 2.34. The summed E-state index contributed by atoms with van der Waals surface area (Å²) < 4.78 is 15.0. The van der Waals surface area contributed by atoms with Crippen molar-refractivity contribution in [3.05, 3.63) is 22.1 Å². The maximum atomic E-state index is 11.8. The third kappa shape index (κ3) is 7.49. The molecular formula is C14H19N3O7. The number of rotatable bonds is 8. The number of nitrogens with zero attached hydrogens (tertiary/aromatic N) is 1. The van der Waals surface area contributed by atoms with Crippen LogP contribution >= 0.6 is 0 Å². The van der Waals surface area contributed by atoms with Crippen molar-refractivity contribution in [2.75, 3.05) is 18.5 Å². The fourth-order valence-corrected chi connectivity index (χ4v) is 1.62. The normalized spacial score (nSPS) is 11.5. The summed E-state index contributed by atoms with van der Waals surface area (Å²) in [6.45, 7) is 3.42. The van der Waals surface area contributed by atoms with Crippen molar-refractivity contribution in [1.82, 2.24) is 9.97 Å². The third-order valence-electron chi connectivity index (χ3n) is 2.53. The molecule has 1 aromatic heterocycles. The summed E-state index contributed by atoms with van der Waals surface area (Å²) in [5.74, 6) is -1.39. The fourth-order valence-electron chi connectivity index (χ4n) is 1.62. The minimum atomic E-state index is -0.780. The van der Waals surface area contributed by atoms with Crippen LogP contribution in [0.15, 0.2) is 11.0 Å². The van der Waals surface area contributed by atoms with Crippen LogP contribution in [-0.2, 0) is 35.2 Å². The lowest BCUT2D eigenvalue weighted by Crippen LogP contribution is -2.29. The number of H-pyrrole nitrogens is 1. The molecule has 1 atom stereocenters. The monoisotopic (exact) mass is 341 g/mol. The number of esters is 2. The first kappa shape index (κ1) is 19.3. The van der Waals surface area contributed by atoms with Crippen LogP contribution < -0.4 is 10.9 Å². The van der Waals surface area contributed by atoms with Gasteiger partial charge in [-0.25, -0.2) is 4.98 Å². The molecule has 10 heteroatoms. The van der Waals surface area contributed by atoms with Crippen molar-refractivity contribution in [3.63, 3.8) is 0 Å². The molecule has 1 heterocycles. The van der Waals surface area contributed by atoms with Crippen LogP contribution in [0.1, 0.15) is 26.3 Å². The Morgan fingerprint density at radius 2 is 1.92 bits per heavy atom. The molecule has 0 aromatic carbocycles. The van der Waals surface area contributed by atoms with Crippen molar-refractivity contribution in [3.8, 4) is 0 Å². The summed E-state index contributed by atoms with van der Waals surface area (Å²) >= 11 is 0. The summed E-state index contributed by atoms with van der Waals surface area (Å²) in [6.07, 6.45) is 0.480. The van der Waals surface area contributed by atoms with Gasteiger partial charge in [-0.15, -0.1) is 0 Å². The standard InChI is InChI=1S/C14H19N3O7/c1-8(18)16-14-15-4-11(13(21)17-14)5-22-6-12(24-10(3)20)7-23-9(2)19/h4,12H,5-7H2,1-3H3,(H2,15,16,17,18,21). The van der Waals surface area contributed by atoms with E-state index < -0.39 is 23.6 Å². The van der Waals surface area contributed by atoms with Gasteiger partial charge in [-0.3, -0.25) is 29.5 Å². The van der Waals surface area contributed by atoms with Crippen molar-refractivity contribution >= 4 is 23.8 Å². The molecule has 1 amide bonds. The molecule has 1 rings (SSSR count). The number of amides is 1. The Bertz CT molecular complexity index is 656. The van der Waals surface area contributed by atoms with Crippen molar-refractivity contribution in [1.29, 1.82) is 0 Å². The Balaban J connectivity index is 2.56. The smallest absolute Gasteiger partial charge is 0.303 e. The van der Waals surface area contributed by atoms with Crippen LogP contribution in [0.25, 0.3) is 0 Å². The molecule has 10 nitrogen and oxygen atoms in total. The first-order valence-electron chi connectivity index (χ1n) is 7.02. The van der Waals surface area contributed by atoms with Gasteiger partial charge in [0.1, 0.15) is 6.61 Å². The number of ether oxygens (including phenoxy) is 3. The Morgan fingerprint density at radius 3 is 2.46 bits per heavy atom. The van der Waals surface area contributed by atoms with E-state index in [4.69, 9.17) is 14.2 Å². The van der Waals surface area contributed by atoms with Gasteiger partial charge in [-0.1, -0.05) is 0 Å². The molecule has 0 radical (unpaired) electrons. The average Bonchev–Trinajstić information content (AvgIpc) is 2.45. The van der Waals surface area contributed by atoms with Gasteiger partial charge in [0.2, 0.25) is 11.9 Å². The molecule has 2 N–H and O–H groups in total. The van der Waals surface area contributed by atoms with Gasteiger partial charge >= 0.3 is 11.9 Å². The summed E-state index contributed by atoms with van der Waals surface area (Å²) in [6, 6.07) is 0. The maximum absolute atomic E-state index is 11.8. The summed E-state index contributed by atoms with van der Waals surface area (Å²) in [5.41, 5.74) is -0.254. The number of anilines is 1. The third-order valence-corrected chi connectivity index (χ3v) is 2.53. The zero-order valence-corrected chi connectivity index (χ0v) is 13.6. The molecule has 0 saturated heterocycles. The lowest BCUT2D eigenvalue weighted by Gasteiger charge is -2.16. The van der Waals surface area contributed by atoms with Gasteiger partial charge in [0.25, 0.3) is 5.56 Å². The van der Waals surface area contributed by atoms with Gasteiger partial charge in [-0.05, 0) is 0 Å². The van der Waals surface area contributed by atoms with Crippen LogP contribution in [0, 0.1) is 0 Å². The van der Waals surface area contributed by atoms with E-state index in [1.165, 1.54) is 27.0 Å². The van der Waals surface area contributed by atoms with Gasteiger partial charge in [-0.2, -0.15) is 0 Å². The second kappa shape index (κ2) is 9.40. The summed E-state index contributed by atoms with van der Waals surface area (Å²) in [4.78, 5) is 50.7. The van der Waals surface area contributed by atoms with Crippen LogP contribution in [0.3, 0.4) is 0 Å². The molecule has 1 unspecified atom stereocenters. The number of carbonyl (C=O) groups excluding carboxylic acids is 3. The van der Waals surface area contributed by atoms with E-state index in [1.807, 2.05) is 0 Å². The van der Waals surface area contributed by atoms with E-state index in [0.717, 1.165) is 0 Å². The number of nitrogens with one attached hydrogen (secondary N) is 2. The highest BCUT2D eigenvalue weighted by molar-refractivity contribution is 5.86. The van der Waals surface area contributed by atoms with E-state index >= 15 is 0 Å². The second-order valence-electron chi connectivity index (χ2n) is 4.82. The molecule has 0 fully saturated rings. The van der Waals surface area contributed by atoms with E-state index in [2.05, 4.69) is 15.3 Å². The molecule has 0 spiro atoms. The van der Waals surface area contributed by atoms with Crippen LogP contribution in [0.2, 0.25) is 0 Å². The molecule has 0 aliphatic rings. The first-order valence-corrected chi connectivity index (χ1v) is 7.02. The topological polar surface area (TPSA) is 137 Å². The van der Waals surface area contributed by atoms with Gasteiger partial charge < -0.3 is 14.2 Å². The number of aromatic amines is 1. The molecule has 24 heavy (non-hydrogen) atoms. The lowest BCUT2D eigenvalue weighted by molar-refractivity contribution is -0.160. The fraction of sp³-hybridized carbons (Fsp3) is 0.500.